The second-order valence-corrected chi connectivity index (χ2v) is 3.65. The molecule has 1 rings (SSSR count). The largest absolute Gasteiger partial charge is 0.396 e. The van der Waals surface area contributed by atoms with Crippen LogP contribution in [0.5, 0.6) is 0 Å². The molecule has 0 bridgehead atoms. The summed E-state index contributed by atoms with van der Waals surface area (Å²) in [6.07, 6.45) is -0.660. The number of alkyl halides is 2. The summed E-state index contributed by atoms with van der Waals surface area (Å²) in [6, 6.07) is 3.85. The van der Waals surface area contributed by atoms with E-state index in [1.165, 1.54) is 12.1 Å². The molecule has 78 valence electrons. The van der Waals surface area contributed by atoms with Crippen LogP contribution in [0.2, 0.25) is 10.0 Å². The predicted octanol–water partition coefficient (Wildman–Crippen LogP) is 3.47. The van der Waals surface area contributed by atoms with Gasteiger partial charge in [0, 0.05) is 28.6 Å². The van der Waals surface area contributed by atoms with E-state index in [0.29, 0.717) is 0 Å². The number of aliphatic hydroxyl groups is 1. The maximum absolute atomic E-state index is 13.3. The first-order chi connectivity index (χ1) is 6.47. The quantitative estimate of drug-likeness (QED) is 0.858. The normalized spacial score (nSPS) is 11.8. The number of aliphatic hydroxyl groups excluding tert-OH is 1. The van der Waals surface area contributed by atoms with Crippen molar-refractivity contribution in [3.63, 3.8) is 0 Å². The molecule has 1 nitrogen and oxygen atoms in total. The maximum atomic E-state index is 13.3. The van der Waals surface area contributed by atoms with Crippen LogP contribution in [-0.2, 0) is 5.92 Å². The van der Waals surface area contributed by atoms with Gasteiger partial charge in [0.1, 0.15) is 0 Å². The summed E-state index contributed by atoms with van der Waals surface area (Å²) >= 11 is 11.2. The van der Waals surface area contributed by atoms with Crippen LogP contribution in [-0.4, -0.2) is 11.7 Å². The van der Waals surface area contributed by atoms with E-state index in [1.54, 1.807) is 0 Å². The van der Waals surface area contributed by atoms with Gasteiger partial charge in [0.2, 0.25) is 0 Å². The molecule has 0 saturated heterocycles. The van der Waals surface area contributed by atoms with Gasteiger partial charge >= 0.3 is 0 Å². The topological polar surface area (TPSA) is 20.2 Å². The van der Waals surface area contributed by atoms with Crippen molar-refractivity contribution in [1.82, 2.24) is 0 Å². The molecule has 1 aromatic rings. The van der Waals surface area contributed by atoms with Gasteiger partial charge in [-0.1, -0.05) is 23.2 Å². The number of halogens is 4. The van der Waals surface area contributed by atoms with E-state index in [-0.39, 0.29) is 15.6 Å². The zero-order valence-electron chi connectivity index (χ0n) is 7.11. The molecule has 1 N–H and O–H groups in total. The Morgan fingerprint density at radius 3 is 2.50 bits per heavy atom. The van der Waals surface area contributed by atoms with Crippen LogP contribution in [0.15, 0.2) is 18.2 Å². The highest BCUT2D eigenvalue weighted by atomic mass is 35.5. The molecule has 0 fully saturated rings. The van der Waals surface area contributed by atoms with Crippen LogP contribution in [0.3, 0.4) is 0 Å². The van der Waals surface area contributed by atoms with Crippen LogP contribution in [0.1, 0.15) is 12.0 Å². The summed E-state index contributed by atoms with van der Waals surface area (Å²) in [5.41, 5.74) is -0.347. The number of hydrogen-bond acceptors (Lipinski definition) is 1. The molecule has 0 radical (unpaired) electrons. The molecule has 0 unspecified atom stereocenters. The average Bonchev–Trinajstić information content (AvgIpc) is 2.09. The lowest BCUT2D eigenvalue weighted by Crippen LogP contribution is -2.15. The monoisotopic (exact) mass is 240 g/mol. The molecular formula is C9H8Cl2F2O. The van der Waals surface area contributed by atoms with Crippen molar-refractivity contribution >= 4 is 23.2 Å². The highest BCUT2D eigenvalue weighted by Gasteiger charge is 2.33. The molecule has 0 atom stereocenters. The Labute approximate surface area is 90.3 Å². The Morgan fingerprint density at radius 1 is 1.29 bits per heavy atom. The second kappa shape index (κ2) is 4.43. The molecule has 0 saturated carbocycles. The van der Waals surface area contributed by atoms with E-state index in [1.807, 2.05) is 0 Å². The van der Waals surface area contributed by atoms with Gasteiger partial charge < -0.3 is 5.11 Å². The molecule has 0 heterocycles. The first-order valence-electron chi connectivity index (χ1n) is 3.91. The zero-order valence-corrected chi connectivity index (χ0v) is 8.62. The number of benzene rings is 1. The fourth-order valence-electron chi connectivity index (χ4n) is 1.05. The van der Waals surface area contributed by atoms with Crippen LogP contribution in [0.25, 0.3) is 0 Å². The second-order valence-electron chi connectivity index (χ2n) is 2.80. The Kier molecular flexibility index (Phi) is 3.70. The summed E-state index contributed by atoms with van der Waals surface area (Å²) in [6.45, 7) is -0.601. The van der Waals surface area contributed by atoms with Crippen molar-refractivity contribution in [2.24, 2.45) is 0 Å². The van der Waals surface area contributed by atoms with E-state index in [0.717, 1.165) is 6.07 Å². The van der Waals surface area contributed by atoms with Gasteiger partial charge in [-0.15, -0.1) is 0 Å². The minimum absolute atomic E-state index is 0.0483. The Morgan fingerprint density at radius 2 is 1.93 bits per heavy atom. The summed E-state index contributed by atoms with van der Waals surface area (Å²) < 4.78 is 26.6. The fourth-order valence-corrected chi connectivity index (χ4v) is 1.48. The lowest BCUT2D eigenvalue weighted by molar-refractivity contribution is -0.0268. The summed E-state index contributed by atoms with van der Waals surface area (Å²) in [4.78, 5) is 0. The molecule has 0 spiro atoms. The molecule has 1 aromatic carbocycles. The SMILES string of the molecule is OCCC(F)(F)c1cc(Cl)ccc1Cl. The van der Waals surface area contributed by atoms with Gasteiger partial charge in [0.25, 0.3) is 5.92 Å². The van der Waals surface area contributed by atoms with Crippen molar-refractivity contribution in [3.8, 4) is 0 Å². The standard InChI is InChI=1S/C9H8Cl2F2O/c10-6-1-2-8(11)7(5-6)9(12,13)3-4-14/h1-2,5,14H,3-4H2. The van der Waals surface area contributed by atoms with E-state index in [2.05, 4.69) is 0 Å². The van der Waals surface area contributed by atoms with E-state index in [9.17, 15) is 8.78 Å². The molecule has 0 aliphatic heterocycles. The predicted molar refractivity (Wildman–Crippen MR) is 52.1 cm³/mol. The Balaban J connectivity index is 3.10. The van der Waals surface area contributed by atoms with Gasteiger partial charge in [-0.25, -0.2) is 8.78 Å². The number of rotatable bonds is 3. The van der Waals surface area contributed by atoms with Gasteiger partial charge in [-0.3, -0.25) is 0 Å². The van der Waals surface area contributed by atoms with Crippen LogP contribution >= 0.6 is 23.2 Å². The molecule has 0 aliphatic carbocycles. The van der Waals surface area contributed by atoms with Gasteiger partial charge in [0.05, 0.1) is 0 Å². The van der Waals surface area contributed by atoms with Gasteiger partial charge in [0.15, 0.2) is 0 Å². The summed E-state index contributed by atoms with van der Waals surface area (Å²) in [5.74, 6) is -3.14. The molecule has 14 heavy (non-hydrogen) atoms. The van der Waals surface area contributed by atoms with Crippen molar-refractivity contribution in [1.29, 1.82) is 0 Å². The third kappa shape index (κ3) is 2.56. The molecule has 0 aliphatic rings. The lowest BCUT2D eigenvalue weighted by Gasteiger charge is -2.16. The zero-order chi connectivity index (χ0) is 10.8. The van der Waals surface area contributed by atoms with E-state index in [4.69, 9.17) is 28.3 Å². The summed E-state index contributed by atoms with van der Waals surface area (Å²) in [7, 11) is 0. The first-order valence-corrected chi connectivity index (χ1v) is 4.67. The molecular weight excluding hydrogens is 233 g/mol. The van der Waals surface area contributed by atoms with Crippen molar-refractivity contribution in [2.45, 2.75) is 12.3 Å². The van der Waals surface area contributed by atoms with Crippen molar-refractivity contribution < 1.29 is 13.9 Å². The maximum Gasteiger partial charge on any atom is 0.276 e. The minimum Gasteiger partial charge on any atom is -0.396 e. The van der Waals surface area contributed by atoms with Crippen LogP contribution in [0.4, 0.5) is 8.78 Å². The van der Waals surface area contributed by atoms with Crippen LogP contribution in [0, 0.1) is 0 Å². The highest BCUT2D eigenvalue weighted by Crippen LogP contribution is 2.37. The van der Waals surface area contributed by atoms with Gasteiger partial charge in [-0.2, -0.15) is 0 Å². The molecule has 5 heteroatoms. The average molecular weight is 241 g/mol. The van der Waals surface area contributed by atoms with Crippen molar-refractivity contribution in [3.05, 3.63) is 33.8 Å². The Hall–Kier alpha value is -0.380. The number of hydrogen-bond donors (Lipinski definition) is 1. The lowest BCUT2D eigenvalue weighted by atomic mass is 10.1. The van der Waals surface area contributed by atoms with Crippen LogP contribution < -0.4 is 0 Å². The van der Waals surface area contributed by atoms with Crippen molar-refractivity contribution in [2.75, 3.05) is 6.61 Å². The Bertz CT molecular complexity index is 329. The summed E-state index contributed by atoms with van der Waals surface area (Å²) in [5, 5.41) is 8.62. The molecule has 0 amide bonds. The third-order valence-electron chi connectivity index (χ3n) is 1.75. The molecule has 0 aromatic heterocycles. The highest BCUT2D eigenvalue weighted by molar-refractivity contribution is 6.33. The van der Waals surface area contributed by atoms with E-state index >= 15 is 0 Å². The third-order valence-corrected chi connectivity index (χ3v) is 2.31. The van der Waals surface area contributed by atoms with Gasteiger partial charge in [-0.05, 0) is 18.2 Å². The van der Waals surface area contributed by atoms with E-state index < -0.39 is 19.0 Å². The smallest absolute Gasteiger partial charge is 0.276 e. The minimum atomic E-state index is -3.14. The first kappa shape index (κ1) is 11.7. The fraction of sp³-hybridized carbons (Fsp3) is 0.333.